The number of hydrogen-bond acceptors (Lipinski definition) is 7. The molecule has 0 radical (unpaired) electrons. The lowest BCUT2D eigenvalue weighted by molar-refractivity contribution is -0.139. The van der Waals surface area contributed by atoms with Crippen LogP contribution in [0.25, 0.3) is 6.08 Å². The van der Waals surface area contributed by atoms with Gasteiger partial charge in [0.15, 0.2) is 12.3 Å². The second-order valence-electron chi connectivity index (χ2n) is 5.66. The summed E-state index contributed by atoms with van der Waals surface area (Å²) in [7, 11) is 3.03. The molecule has 2 aromatic carbocycles. The van der Waals surface area contributed by atoms with E-state index in [9.17, 15) is 9.59 Å². The number of carboxylic acids is 1. The normalized spacial score (nSPS) is 14.4. The number of hydrogen-bond donors (Lipinski definition) is 1. The van der Waals surface area contributed by atoms with Crippen molar-refractivity contribution in [3.8, 4) is 17.2 Å². The molecule has 0 fully saturated rings. The Balaban J connectivity index is 1.94. The standard InChI is InChI=1S/C20H17NO7/c1-25-14-7-13(8-15(10-14)26-2)19-21-16(20(24)28-19)9-12-5-3-4-6-17(12)27-11-18(22)23/h3-10H,11H2,1-2H3,(H,22,23)/b16-9-. The number of carbonyl (C=O) groups is 2. The van der Waals surface area contributed by atoms with Gasteiger partial charge in [0.2, 0.25) is 5.90 Å². The Labute approximate surface area is 160 Å². The molecular formula is C20H17NO7. The summed E-state index contributed by atoms with van der Waals surface area (Å²) in [6, 6.07) is 11.7. The summed E-state index contributed by atoms with van der Waals surface area (Å²) in [5, 5.41) is 8.78. The third-order valence-electron chi connectivity index (χ3n) is 3.78. The smallest absolute Gasteiger partial charge is 0.363 e. The van der Waals surface area contributed by atoms with Gasteiger partial charge in [-0.25, -0.2) is 14.6 Å². The number of ether oxygens (including phenoxy) is 4. The van der Waals surface area contributed by atoms with Crippen LogP contribution in [0.3, 0.4) is 0 Å². The highest BCUT2D eigenvalue weighted by atomic mass is 16.6. The van der Waals surface area contributed by atoms with Crippen molar-refractivity contribution >= 4 is 23.9 Å². The van der Waals surface area contributed by atoms with Crippen molar-refractivity contribution in [3.05, 3.63) is 59.3 Å². The Morgan fingerprint density at radius 2 is 1.82 bits per heavy atom. The lowest BCUT2D eigenvalue weighted by Gasteiger charge is -2.07. The van der Waals surface area contributed by atoms with Crippen LogP contribution in [-0.2, 0) is 14.3 Å². The molecule has 0 atom stereocenters. The van der Waals surface area contributed by atoms with Gasteiger partial charge in [0.25, 0.3) is 0 Å². The number of methoxy groups -OCH3 is 2. The van der Waals surface area contributed by atoms with Crippen molar-refractivity contribution in [2.75, 3.05) is 20.8 Å². The number of cyclic esters (lactones) is 1. The number of esters is 1. The average molecular weight is 383 g/mol. The molecule has 0 aliphatic carbocycles. The molecule has 0 aromatic heterocycles. The van der Waals surface area contributed by atoms with Crippen LogP contribution >= 0.6 is 0 Å². The van der Waals surface area contributed by atoms with E-state index < -0.39 is 18.5 Å². The number of carbonyl (C=O) groups excluding carboxylic acids is 1. The van der Waals surface area contributed by atoms with Gasteiger partial charge in [-0.05, 0) is 24.3 Å². The molecule has 2 aromatic rings. The van der Waals surface area contributed by atoms with Crippen molar-refractivity contribution in [3.63, 3.8) is 0 Å². The summed E-state index contributed by atoms with van der Waals surface area (Å²) in [4.78, 5) is 27.2. The molecule has 1 N–H and O–H groups in total. The number of carboxylic acid groups (broad SMARTS) is 1. The van der Waals surface area contributed by atoms with Gasteiger partial charge in [-0.2, -0.15) is 0 Å². The number of aliphatic carboxylic acids is 1. The second-order valence-corrected chi connectivity index (χ2v) is 5.66. The van der Waals surface area contributed by atoms with Crippen molar-refractivity contribution < 1.29 is 33.6 Å². The van der Waals surface area contributed by atoms with Crippen LogP contribution in [0.2, 0.25) is 0 Å². The van der Waals surface area contributed by atoms with Crippen molar-refractivity contribution in [2.45, 2.75) is 0 Å². The molecule has 144 valence electrons. The molecule has 0 unspecified atom stereocenters. The van der Waals surface area contributed by atoms with Gasteiger partial charge < -0.3 is 24.1 Å². The fourth-order valence-electron chi connectivity index (χ4n) is 2.48. The van der Waals surface area contributed by atoms with Gasteiger partial charge in [-0.3, -0.25) is 0 Å². The van der Waals surface area contributed by atoms with Crippen molar-refractivity contribution in [2.24, 2.45) is 4.99 Å². The summed E-state index contributed by atoms with van der Waals surface area (Å²) in [5.74, 6) is -0.259. The molecule has 8 nitrogen and oxygen atoms in total. The van der Waals surface area contributed by atoms with Gasteiger partial charge in [0.05, 0.1) is 14.2 Å². The van der Waals surface area contributed by atoms with E-state index in [-0.39, 0.29) is 11.6 Å². The van der Waals surface area contributed by atoms with Crippen LogP contribution in [0.4, 0.5) is 0 Å². The van der Waals surface area contributed by atoms with Crippen LogP contribution in [0, 0.1) is 0 Å². The van der Waals surface area contributed by atoms with Gasteiger partial charge in [-0.15, -0.1) is 0 Å². The molecule has 0 bridgehead atoms. The number of para-hydroxylation sites is 1. The molecule has 0 saturated heterocycles. The van der Waals surface area contributed by atoms with E-state index in [2.05, 4.69) is 4.99 Å². The Bertz CT molecular complexity index is 956. The van der Waals surface area contributed by atoms with E-state index in [0.29, 0.717) is 28.4 Å². The van der Waals surface area contributed by atoms with Crippen LogP contribution < -0.4 is 14.2 Å². The van der Waals surface area contributed by atoms with Gasteiger partial charge >= 0.3 is 11.9 Å². The molecule has 0 spiro atoms. The average Bonchev–Trinajstić information content (AvgIpc) is 3.07. The Morgan fingerprint density at radius 1 is 1.14 bits per heavy atom. The maximum Gasteiger partial charge on any atom is 0.363 e. The largest absolute Gasteiger partial charge is 0.497 e. The topological polar surface area (TPSA) is 104 Å². The summed E-state index contributed by atoms with van der Waals surface area (Å²) < 4.78 is 20.9. The lowest BCUT2D eigenvalue weighted by atomic mass is 10.1. The molecule has 28 heavy (non-hydrogen) atoms. The molecule has 8 heteroatoms. The molecule has 1 heterocycles. The molecule has 1 aliphatic rings. The van der Waals surface area contributed by atoms with Gasteiger partial charge in [0, 0.05) is 17.2 Å². The monoisotopic (exact) mass is 383 g/mol. The molecule has 3 rings (SSSR count). The molecule has 1 aliphatic heterocycles. The maximum atomic E-state index is 12.2. The second kappa shape index (κ2) is 8.26. The minimum absolute atomic E-state index is 0.0585. The van der Waals surface area contributed by atoms with E-state index in [4.69, 9.17) is 24.1 Å². The molecular weight excluding hydrogens is 366 g/mol. The Morgan fingerprint density at radius 3 is 2.46 bits per heavy atom. The zero-order valence-corrected chi connectivity index (χ0v) is 15.2. The van der Waals surface area contributed by atoms with Crippen molar-refractivity contribution in [1.82, 2.24) is 0 Å². The zero-order chi connectivity index (χ0) is 20.1. The van der Waals surface area contributed by atoms with Gasteiger partial charge in [0.1, 0.15) is 17.2 Å². The Kier molecular flexibility index (Phi) is 5.59. The SMILES string of the molecule is COc1cc(OC)cc(C2=N/C(=C\c3ccccc3OCC(=O)O)C(=O)O2)c1. The van der Waals surface area contributed by atoms with E-state index in [0.717, 1.165) is 0 Å². The zero-order valence-electron chi connectivity index (χ0n) is 15.2. The minimum Gasteiger partial charge on any atom is -0.497 e. The Hall–Kier alpha value is -3.81. The first-order valence-electron chi connectivity index (χ1n) is 8.20. The first-order chi connectivity index (χ1) is 13.5. The van der Waals surface area contributed by atoms with E-state index >= 15 is 0 Å². The third kappa shape index (κ3) is 4.29. The fourth-order valence-corrected chi connectivity index (χ4v) is 2.48. The van der Waals surface area contributed by atoms with E-state index in [1.165, 1.54) is 20.3 Å². The van der Waals surface area contributed by atoms with Crippen LogP contribution in [-0.4, -0.2) is 43.8 Å². The van der Waals surface area contributed by atoms with E-state index in [1.54, 1.807) is 42.5 Å². The molecule has 0 amide bonds. The van der Waals surface area contributed by atoms with Crippen LogP contribution in [0.5, 0.6) is 17.2 Å². The number of rotatable bonds is 7. The summed E-state index contributed by atoms with van der Waals surface area (Å²) in [6.45, 7) is -0.497. The van der Waals surface area contributed by atoms with Gasteiger partial charge in [-0.1, -0.05) is 18.2 Å². The fraction of sp³-hybridized carbons (Fsp3) is 0.150. The first-order valence-corrected chi connectivity index (χ1v) is 8.20. The minimum atomic E-state index is -1.10. The highest BCUT2D eigenvalue weighted by molar-refractivity contribution is 6.13. The highest BCUT2D eigenvalue weighted by Gasteiger charge is 2.25. The molecule has 0 saturated carbocycles. The quantitative estimate of drug-likeness (QED) is 0.579. The number of nitrogens with zero attached hydrogens (tertiary/aromatic N) is 1. The predicted molar refractivity (Wildman–Crippen MR) is 99.7 cm³/mol. The van der Waals surface area contributed by atoms with Crippen molar-refractivity contribution in [1.29, 1.82) is 0 Å². The maximum absolute atomic E-state index is 12.2. The first kappa shape index (κ1) is 19.0. The summed E-state index contributed by atoms with van der Waals surface area (Å²) in [6.07, 6.45) is 1.48. The summed E-state index contributed by atoms with van der Waals surface area (Å²) >= 11 is 0. The predicted octanol–water partition coefficient (Wildman–Crippen LogP) is 2.51. The number of aliphatic imine (C=N–C) groups is 1. The lowest BCUT2D eigenvalue weighted by Crippen LogP contribution is -2.10. The van der Waals surface area contributed by atoms with Crippen LogP contribution in [0.1, 0.15) is 11.1 Å². The highest BCUT2D eigenvalue weighted by Crippen LogP contribution is 2.28. The third-order valence-corrected chi connectivity index (χ3v) is 3.78. The number of benzene rings is 2. The summed E-state index contributed by atoms with van der Waals surface area (Å²) in [5.41, 5.74) is 1.08. The van der Waals surface area contributed by atoms with E-state index in [1.807, 2.05) is 0 Å². The van der Waals surface area contributed by atoms with Crippen LogP contribution in [0.15, 0.2) is 53.2 Å².